The van der Waals surface area contributed by atoms with Gasteiger partial charge >= 0.3 is 0 Å². The van der Waals surface area contributed by atoms with Crippen molar-refractivity contribution in [3.05, 3.63) is 82.2 Å². The molecule has 10 nitrogen and oxygen atoms in total. The van der Waals surface area contributed by atoms with Crippen LogP contribution in [-0.2, 0) is 35.7 Å². The van der Waals surface area contributed by atoms with Crippen molar-refractivity contribution in [1.29, 1.82) is 0 Å². The van der Waals surface area contributed by atoms with E-state index in [1.54, 1.807) is 0 Å². The Balaban J connectivity index is 1.66. The number of fused-ring (bicyclic) bond motifs is 1. The van der Waals surface area contributed by atoms with Crippen molar-refractivity contribution in [1.82, 2.24) is 0 Å². The quantitative estimate of drug-likeness (QED) is 0.311. The van der Waals surface area contributed by atoms with E-state index < -0.39 is 46.2 Å². The maximum absolute atomic E-state index is 12.2. The number of azide groups is 1. The van der Waals surface area contributed by atoms with E-state index >= 15 is 0 Å². The van der Waals surface area contributed by atoms with Crippen LogP contribution in [0.5, 0.6) is 0 Å². The Kier molecular flexibility index (Phi) is 6.54. The molecule has 1 N–H and O–H groups in total. The molecule has 0 aliphatic carbocycles. The molecular weight excluding hydrogens is 426 g/mol. The molecule has 6 atom stereocenters. The van der Waals surface area contributed by atoms with Crippen molar-refractivity contribution in [2.75, 3.05) is 6.61 Å². The third-order valence-corrected chi connectivity index (χ3v) is 6.36. The van der Waals surface area contributed by atoms with Crippen LogP contribution in [0.3, 0.4) is 0 Å². The second kappa shape index (κ2) is 9.33. The summed E-state index contributed by atoms with van der Waals surface area (Å²) in [6, 6.07) is 18.3. The van der Waals surface area contributed by atoms with Crippen LogP contribution in [0.1, 0.15) is 17.4 Å². The molecule has 0 spiro atoms. The van der Waals surface area contributed by atoms with Crippen LogP contribution in [0, 0.1) is 0 Å². The van der Waals surface area contributed by atoms with Gasteiger partial charge in [-0.2, -0.15) is 8.42 Å². The number of hydrogen-bond acceptors (Lipinski definition) is 7. The van der Waals surface area contributed by atoms with Gasteiger partial charge in [-0.1, -0.05) is 65.8 Å². The average molecular weight is 447 g/mol. The lowest BCUT2D eigenvalue weighted by Crippen LogP contribution is -2.63. The highest BCUT2D eigenvalue weighted by molar-refractivity contribution is 7.86. The summed E-state index contributed by atoms with van der Waals surface area (Å²) in [5, 5.41) is 1.77. The Morgan fingerprint density at radius 1 is 1.10 bits per heavy atom. The van der Waals surface area contributed by atoms with E-state index in [1.807, 2.05) is 60.7 Å². The number of nitrogens with zero attached hydrogens (tertiary/aromatic N) is 3. The Morgan fingerprint density at radius 2 is 1.77 bits per heavy atom. The first-order valence-corrected chi connectivity index (χ1v) is 11.1. The van der Waals surface area contributed by atoms with Gasteiger partial charge < -0.3 is 18.9 Å². The highest BCUT2D eigenvalue weighted by atomic mass is 32.2. The number of hydrogen-bond donors (Lipinski definition) is 1. The Hall–Kier alpha value is -2.50. The van der Waals surface area contributed by atoms with Crippen molar-refractivity contribution in [3.63, 3.8) is 0 Å². The van der Waals surface area contributed by atoms with Crippen molar-refractivity contribution in [2.24, 2.45) is 5.11 Å². The van der Waals surface area contributed by atoms with Crippen LogP contribution in [0.15, 0.2) is 65.8 Å². The minimum absolute atomic E-state index is 0.0595. The van der Waals surface area contributed by atoms with Crippen LogP contribution < -0.4 is 0 Å². The van der Waals surface area contributed by atoms with E-state index in [4.69, 9.17) is 24.5 Å². The average Bonchev–Trinajstić information content (AvgIpc) is 2.77. The van der Waals surface area contributed by atoms with Gasteiger partial charge in [-0.05, 0) is 11.1 Å². The number of rotatable bonds is 6. The second-order valence-electron chi connectivity index (χ2n) is 7.19. The zero-order valence-electron chi connectivity index (χ0n) is 16.3. The molecule has 0 aromatic heterocycles. The molecule has 2 aliphatic rings. The molecule has 2 saturated heterocycles. The maximum Gasteiger partial charge on any atom is 0.273 e. The predicted octanol–water partition coefficient (Wildman–Crippen LogP) is 2.98. The molecule has 0 saturated carbocycles. The van der Waals surface area contributed by atoms with Crippen LogP contribution >= 0.6 is 0 Å². The van der Waals surface area contributed by atoms with Crippen molar-refractivity contribution in [2.45, 2.75) is 42.7 Å². The Labute approximate surface area is 179 Å². The fraction of sp³-hybridized carbons (Fsp3) is 0.400. The minimum Gasteiger partial charge on any atom is -0.369 e. The molecular formula is C20H21N3O7S. The molecule has 31 heavy (non-hydrogen) atoms. The summed E-state index contributed by atoms with van der Waals surface area (Å²) < 4.78 is 57.8. The SMILES string of the molecule is [N-]=[N+]=N[C@H]1OC2COC(c3ccccc3)O[C@H]2C(OCc2ccccc2)C1S(=O)(=O)O. The van der Waals surface area contributed by atoms with Gasteiger partial charge in [-0.15, -0.1) is 0 Å². The summed E-state index contributed by atoms with van der Waals surface area (Å²) in [4.78, 5) is 2.66. The number of benzene rings is 2. The highest BCUT2D eigenvalue weighted by Gasteiger charge is 2.55. The summed E-state index contributed by atoms with van der Waals surface area (Å²) in [5.41, 5.74) is 10.4. The van der Waals surface area contributed by atoms with Crippen LogP contribution in [0.25, 0.3) is 10.4 Å². The van der Waals surface area contributed by atoms with Gasteiger partial charge in [0.1, 0.15) is 23.6 Å². The van der Waals surface area contributed by atoms with E-state index in [0.29, 0.717) is 0 Å². The predicted molar refractivity (Wildman–Crippen MR) is 108 cm³/mol. The molecule has 0 amide bonds. The summed E-state index contributed by atoms with van der Waals surface area (Å²) in [6.07, 6.45) is -5.08. The van der Waals surface area contributed by atoms with Crippen LogP contribution in [0.4, 0.5) is 0 Å². The first-order valence-electron chi connectivity index (χ1n) is 9.61. The maximum atomic E-state index is 12.2. The van der Waals surface area contributed by atoms with E-state index in [0.717, 1.165) is 11.1 Å². The van der Waals surface area contributed by atoms with E-state index in [9.17, 15) is 13.0 Å². The summed E-state index contributed by atoms with van der Waals surface area (Å²) in [5.74, 6) is 0. The van der Waals surface area contributed by atoms with E-state index in [2.05, 4.69) is 10.0 Å². The fourth-order valence-corrected chi connectivity index (χ4v) is 4.75. The lowest BCUT2D eigenvalue weighted by Gasteiger charge is -2.47. The minimum atomic E-state index is -4.72. The van der Waals surface area contributed by atoms with Gasteiger partial charge in [0.25, 0.3) is 10.1 Å². The van der Waals surface area contributed by atoms with Gasteiger partial charge in [0.15, 0.2) is 12.5 Å². The van der Waals surface area contributed by atoms with Crippen molar-refractivity contribution in [3.8, 4) is 0 Å². The molecule has 0 radical (unpaired) electrons. The molecule has 2 aromatic rings. The fourth-order valence-electron chi connectivity index (χ4n) is 3.76. The smallest absolute Gasteiger partial charge is 0.273 e. The van der Waals surface area contributed by atoms with Crippen LogP contribution in [-0.4, -0.2) is 49.4 Å². The molecule has 11 heteroatoms. The van der Waals surface area contributed by atoms with Gasteiger partial charge in [0, 0.05) is 10.5 Å². The zero-order valence-corrected chi connectivity index (χ0v) is 17.1. The van der Waals surface area contributed by atoms with Gasteiger partial charge in [-0.25, -0.2) is 0 Å². The highest BCUT2D eigenvalue weighted by Crippen LogP contribution is 2.38. The molecule has 2 fully saturated rings. The first-order chi connectivity index (χ1) is 15.0. The lowest BCUT2D eigenvalue weighted by molar-refractivity contribution is -0.313. The van der Waals surface area contributed by atoms with Gasteiger partial charge in [0.05, 0.1) is 13.2 Å². The molecule has 0 bridgehead atoms. The molecule has 164 valence electrons. The van der Waals surface area contributed by atoms with E-state index in [-0.39, 0.29) is 13.2 Å². The normalized spacial score (nSPS) is 30.7. The largest absolute Gasteiger partial charge is 0.369 e. The van der Waals surface area contributed by atoms with Crippen LogP contribution in [0.2, 0.25) is 0 Å². The molecule has 2 aliphatic heterocycles. The molecule has 2 heterocycles. The monoisotopic (exact) mass is 447 g/mol. The molecule has 2 aromatic carbocycles. The zero-order chi connectivity index (χ0) is 21.8. The Bertz CT molecular complexity index is 1030. The summed E-state index contributed by atoms with van der Waals surface area (Å²) in [6.45, 7) is 0.120. The van der Waals surface area contributed by atoms with Crippen molar-refractivity contribution >= 4 is 10.1 Å². The lowest BCUT2D eigenvalue weighted by atomic mass is 9.98. The standard InChI is InChI=1S/C20H21N3O7S/c21-23-22-19-18(31(24,25)26)17(27-11-13-7-3-1-4-8-13)16-15(29-19)12-28-20(30-16)14-9-5-2-6-10-14/h1-10,15-20H,11-12H2,(H,24,25,26)/t15?,16-,17?,18?,19+,20?/m1/s1. The van der Waals surface area contributed by atoms with Gasteiger partial charge in [-0.3, -0.25) is 4.55 Å². The summed E-state index contributed by atoms with van der Waals surface area (Å²) >= 11 is 0. The molecule has 4 unspecified atom stereocenters. The van der Waals surface area contributed by atoms with Gasteiger partial charge in [0.2, 0.25) is 0 Å². The second-order valence-corrected chi connectivity index (χ2v) is 8.76. The third-order valence-electron chi connectivity index (χ3n) is 5.17. The Morgan fingerprint density at radius 3 is 2.42 bits per heavy atom. The first kappa shape index (κ1) is 21.7. The van der Waals surface area contributed by atoms with E-state index in [1.165, 1.54) is 0 Å². The summed E-state index contributed by atoms with van der Waals surface area (Å²) in [7, 11) is -4.72. The number of ether oxygens (including phenoxy) is 4. The van der Waals surface area contributed by atoms with Crippen molar-refractivity contribution < 1.29 is 31.9 Å². The molecule has 4 rings (SSSR count). The third kappa shape index (κ3) is 4.89. The topological polar surface area (TPSA) is 140 Å².